The molecule has 0 spiro atoms. The summed E-state index contributed by atoms with van der Waals surface area (Å²) < 4.78 is 0. The van der Waals surface area contributed by atoms with E-state index < -0.39 is 0 Å². The lowest BCUT2D eigenvalue weighted by Crippen LogP contribution is -2.30. The molecule has 0 aliphatic rings. The standard InChI is InChI=1S/C31H50N2O2/c1-28(2,3)24-20(13-15-22(34)26(24)30(7,8)9)19(17-18-33-32)21-14-16-23(35)27(31(10,11)12)25(21)29(4,5)6/h13-16,19,33-35H,17-18,32H2,1-12H3. The van der Waals surface area contributed by atoms with Crippen molar-refractivity contribution in [3.63, 3.8) is 0 Å². The zero-order valence-corrected chi connectivity index (χ0v) is 24.3. The third-order valence-electron chi connectivity index (χ3n) is 6.76. The molecule has 0 aliphatic carbocycles. The van der Waals surface area contributed by atoms with Crippen molar-refractivity contribution in [3.8, 4) is 11.5 Å². The molecule has 4 nitrogen and oxygen atoms in total. The minimum absolute atomic E-state index is 0.0397. The van der Waals surface area contributed by atoms with Gasteiger partial charge < -0.3 is 10.2 Å². The second-order valence-electron chi connectivity index (χ2n) is 14.1. The molecular formula is C31H50N2O2. The van der Waals surface area contributed by atoms with E-state index in [9.17, 15) is 10.2 Å². The lowest BCUT2D eigenvalue weighted by Gasteiger charge is -2.38. The number of hydrazine groups is 1. The molecule has 0 saturated carbocycles. The van der Waals surface area contributed by atoms with Gasteiger partial charge >= 0.3 is 0 Å². The van der Waals surface area contributed by atoms with Crippen LogP contribution in [0, 0.1) is 0 Å². The number of hydrogen-bond acceptors (Lipinski definition) is 4. The largest absolute Gasteiger partial charge is 0.508 e. The fourth-order valence-corrected chi connectivity index (χ4v) is 5.64. The molecule has 0 heterocycles. The monoisotopic (exact) mass is 482 g/mol. The van der Waals surface area contributed by atoms with Crippen LogP contribution in [-0.2, 0) is 21.7 Å². The van der Waals surface area contributed by atoms with E-state index in [-0.39, 0.29) is 27.6 Å². The van der Waals surface area contributed by atoms with E-state index in [1.165, 1.54) is 22.3 Å². The van der Waals surface area contributed by atoms with Crippen LogP contribution in [0.2, 0.25) is 0 Å². The summed E-state index contributed by atoms with van der Waals surface area (Å²) in [7, 11) is 0. The minimum atomic E-state index is -0.224. The number of phenolic OH excluding ortho intramolecular Hbond substituents is 2. The lowest BCUT2D eigenvalue weighted by atomic mass is 9.66. The summed E-state index contributed by atoms with van der Waals surface area (Å²) in [5.74, 6) is 6.53. The van der Waals surface area contributed by atoms with Crippen molar-refractivity contribution in [1.29, 1.82) is 0 Å². The third kappa shape index (κ3) is 6.21. The van der Waals surface area contributed by atoms with Crippen LogP contribution >= 0.6 is 0 Å². The highest BCUT2D eigenvalue weighted by Crippen LogP contribution is 2.49. The van der Waals surface area contributed by atoms with Gasteiger partial charge in [-0.3, -0.25) is 11.3 Å². The Morgan fingerprint density at radius 3 is 1.17 bits per heavy atom. The van der Waals surface area contributed by atoms with E-state index in [1.54, 1.807) is 0 Å². The van der Waals surface area contributed by atoms with Gasteiger partial charge in [0.05, 0.1) is 0 Å². The van der Waals surface area contributed by atoms with Crippen LogP contribution in [0.1, 0.15) is 129 Å². The van der Waals surface area contributed by atoms with E-state index in [2.05, 4.69) is 101 Å². The molecule has 2 aromatic rings. The second kappa shape index (κ2) is 9.78. The van der Waals surface area contributed by atoms with Gasteiger partial charge in [0.15, 0.2) is 0 Å². The van der Waals surface area contributed by atoms with Crippen LogP contribution < -0.4 is 11.3 Å². The van der Waals surface area contributed by atoms with E-state index >= 15 is 0 Å². The Bertz CT molecular complexity index is 961. The van der Waals surface area contributed by atoms with Crippen molar-refractivity contribution in [2.45, 2.75) is 117 Å². The number of benzene rings is 2. The quantitative estimate of drug-likeness (QED) is 0.267. The number of hydrogen-bond donors (Lipinski definition) is 4. The van der Waals surface area contributed by atoms with E-state index in [4.69, 9.17) is 5.84 Å². The predicted molar refractivity (Wildman–Crippen MR) is 150 cm³/mol. The molecule has 0 amide bonds. The first-order valence-electron chi connectivity index (χ1n) is 12.9. The lowest BCUT2D eigenvalue weighted by molar-refractivity contribution is 0.429. The normalized spacial score (nSPS) is 13.5. The highest BCUT2D eigenvalue weighted by Gasteiger charge is 2.37. The smallest absolute Gasteiger partial charge is 0.119 e. The van der Waals surface area contributed by atoms with Crippen molar-refractivity contribution in [3.05, 3.63) is 57.6 Å². The number of nitrogens with two attached hydrogens (primary N) is 1. The highest BCUT2D eigenvalue weighted by atomic mass is 16.3. The molecule has 35 heavy (non-hydrogen) atoms. The molecule has 4 heteroatoms. The first-order chi connectivity index (χ1) is 15.7. The number of nitrogens with one attached hydrogen (secondary N) is 1. The molecule has 0 fully saturated rings. The van der Waals surface area contributed by atoms with Gasteiger partial charge in [-0.25, -0.2) is 0 Å². The molecule has 0 aromatic heterocycles. The summed E-state index contributed by atoms with van der Waals surface area (Å²) >= 11 is 0. The van der Waals surface area contributed by atoms with Crippen molar-refractivity contribution in [1.82, 2.24) is 5.43 Å². The Morgan fingerprint density at radius 2 is 0.914 bits per heavy atom. The van der Waals surface area contributed by atoms with Crippen LogP contribution in [0.15, 0.2) is 24.3 Å². The second-order valence-corrected chi connectivity index (χ2v) is 14.1. The zero-order valence-electron chi connectivity index (χ0n) is 24.3. The number of phenols is 2. The predicted octanol–water partition coefficient (Wildman–Crippen LogP) is 7.27. The van der Waals surface area contributed by atoms with Gasteiger partial charge in [0.25, 0.3) is 0 Å². The SMILES string of the molecule is CC(C)(C)c1c(O)ccc(C(CCNN)c2ccc(O)c(C(C)(C)C)c2C(C)(C)C)c1C(C)(C)C. The minimum Gasteiger partial charge on any atom is -0.508 e. The molecule has 5 N–H and O–H groups in total. The zero-order chi connectivity index (χ0) is 27.1. The van der Waals surface area contributed by atoms with Crippen LogP contribution in [0.25, 0.3) is 0 Å². The maximum atomic E-state index is 11.0. The van der Waals surface area contributed by atoms with Gasteiger partial charge in [-0.05, 0) is 62.5 Å². The maximum Gasteiger partial charge on any atom is 0.119 e. The Kier molecular flexibility index (Phi) is 8.16. The van der Waals surface area contributed by atoms with Gasteiger partial charge in [-0.15, -0.1) is 0 Å². The fraction of sp³-hybridized carbons (Fsp3) is 0.613. The van der Waals surface area contributed by atoms with Crippen molar-refractivity contribution < 1.29 is 10.2 Å². The summed E-state index contributed by atoms with van der Waals surface area (Å²) in [5, 5.41) is 22.1. The first-order valence-corrected chi connectivity index (χ1v) is 12.9. The summed E-state index contributed by atoms with van der Waals surface area (Å²) in [6, 6.07) is 7.91. The molecule has 0 aliphatic heterocycles. The van der Waals surface area contributed by atoms with Crippen molar-refractivity contribution in [2.75, 3.05) is 6.54 Å². The molecule has 2 rings (SSSR count). The third-order valence-corrected chi connectivity index (χ3v) is 6.76. The molecule has 196 valence electrons. The van der Waals surface area contributed by atoms with E-state index in [0.717, 1.165) is 17.5 Å². The highest BCUT2D eigenvalue weighted by molar-refractivity contribution is 5.58. The summed E-state index contributed by atoms with van der Waals surface area (Å²) in [6.45, 7) is 27.0. The average Bonchev–Trinajstić information content (AvgIpc) is 2.65. The topological polar surface area (TPSA) is 78.5 Å². The Labute approximate surface area is 214 Å². The van der Waals surface area contributed by atoms with Crippen LogP contribution in [-0.4, -0.2) is 16.8 Å². The van der Waals surface area contributed by atoms with Gasteiger partial charge in [0, 0.05) is 23.6 Å². The Hall–Kier alpha value is -2.04. The van der Waals surface area contributed by atoms with E-state index in [0.29, 0.717) is 18.0 Å². The maximum absolute atomic E-state index is 11.0. The van der Waals surface area contributed by atoms with Gasteiger partial charge in [0.2, 0.25) is 0 Å². The fourth-order valence-electron chi connectivity index (χ4n) is 5.64. The van der Waals surface area contributed by atoms with Crippen molar-refractivity contribution in [2.24, 2.45) is 5.84 Å². The molecule has 0 unspecified atom stereocenters. The Balaban J connectivity index is 3.09. The molecule has 0 radical (unpaired) electrons. The van der Waals surface area contributed by atoms with Crippen LogP contribution in [0.4, 0.5) is 0 Å². The molecule has 0 saturated heterocycles. The van der Waals surface area contributed by atoms with Crippen LogP contribution in [0.3, 0.4) is 0 Å². The molecule has 2 aromatic carbocycles. The van der Waals surface area contributed by atoms with Gasteiger partial charge in [-0.1, -0.05) is 95.2 Å². The summed E-state index contributed by atoms with van der Waals surface area (Å²) in [6.07, 6.45) is 0.797. The molecular weight excluding hydrogens is 432 g/mol. The summed E-state index contributed by atoms with van der Waals surface area (Å²) in [4.78, 5) is 0. The first kappa shape index (κ1) is 29.2. The van der Waals surface area contributed by atoms with Crippen LogP contribution in [0.5, 0.6) is 11.5 Å². The van der Waals surface area contributed by atoms with Gasteiger partial charge in [0.1, 0.15) is 11.5 Å². The van der Waals surface area contributed by atoms with E-state index in [1.807, 2.05) is 12.1 Å². The average molecular weight is 483 g/mol. The van der Waals surface area contributed by atoms with Crippen molar-refractivity contribution >= 4 is 0 Å². The van der Waals surface area contributed by atoms with Gasteiger partial charge in [-0.2, -0.15) is 0 Å². The molecule has 0 bridgehead atoms. The number of aromatic hydroxyl groups is 2. The molecule has 0 atom stereocenters. The number of rotatable bonds is 5. The summed E-state index contributed by atoms with van der Waals surface area (Å²) in [5.41, 5.74) is 8.86. The Morgan fingerprint density at radius 1 is 0.600 bits per heavy atom.